The van der Waals surface area contributed by atoms with Gasteiger partial charge in [-0.1, -0.05) is 0 Å². The van der Waals surface area contributed by atoms with Gasteiger partial charge in [0.25, 0.3) is 0 Å². The first-order valence-corrected chi connectivity index (χ1v) is 5.35. The zero-order valence-electron chi connectivity index (χ0n) is 9.47. The third kappa shape index (κ3) is 2.02. The topological polar surface area (TPSA) is 40.5 Å². The van der Waals surface area contributed by atoms with Crippen LogP contribution in [0.4, 0.5) is 4.39 Å². The number of likely N-dealkylation sites (N-methyl/N-ethyl adjacent to an activating group) is 1. The molecule has 16 heavy (non-hydrogen) atoms. The van der Waals surface area contributed by atoms with Crippen molar-refractivity contribution in [2.45, 2.75) is 6.42 Å². The summed E-state index contributed by atoms with van der Waals surface area (Å²) in [6, 6.07) is 2.56. The summed E-state index contributed by atoms with van der Waals surface area (Å²) in [6.45, 7) is 0.976. The minimum absolute atomic E-state index is 0.0139. The predicted octanol–water partition coefficient (Wildman–Crippen LogP) is 0.700. The number of quaternary nitrogens is 1. The van der Waals surface area contributed by atoms with Crippen molar-refractivity contribution in [2.24, 2.45) is 0 Å². The van der Waals surface area contributed by atoms with Crippen LogP contribution in [0, 0.1) is 5.82 Å². The molecular weight excluding hydrogens is 207 g/mol. The number of hydrogen-bond acceptors (Lipinski definition) is 1. The second-order valence-corrected chi connectivity index (χ2v) is 4.37. The van der Waals surface area contributed by atoms with Gasteiger partial charge in [-0.15, -0.1) is 0 Å². The molecule has 0 aliphatic rings. The van der Waals surface area contributed by atoms with Gasteiger partial charge in [0.1, 0.15) is 11.6 Å². The molecule has 3 nitrogen and oxygen atoms in total. The Balaban J connectivity index is 2.40. The lowest BCUT2D eigenvalue weighted by atomic mass is 10.1. The van der Waals surface area contributed by atoms with Crippen molar-refractivity contribution >= 4 is 10.9 Å². The lowest BCUT2D eigenvalue weighted by Crippen LogP contribution is -3.05. The van der Waals surface area contributed by atoms with Crippen molar-refractivity contribution in [1.29, 1.82) is 0 Å². The van der Waals surface area contributed by atoms with Crippen LogP contribution in [-0.4, -0.2) is 30.7 Å². The Morgan fingerprint density at radius 2 is 2.12 bits per heavy atom. The molecule has 0 bridgehead atoms. The third-order valence-electron chi connectivity index (χ3n) is 2.70. The number of benzene rings is 1. The van der Waals surface area contributed by atoms with Crippen LogP contribution in [0.1, 0.15) is 5.56 Å². The van der Waals surface area contributed by atoms with E-state index < -0.39 is 5.82 Å². The SMILES string of the molecule is C[NH+](C)CCc1c[nH]c2cc(F)cc(O)c12. The monoisotopic (exact) mass is 223 g/mol. The van der Waals surface area contributed by atoms with Crippen molar-refractivity contribution in [2.75, 3.05) is 20.6 Å². The summed E-state index contributed by atoms with van der Waals surface area (Å²) in [5.74, 6) is -0.406. The minimum Gasteiger partial charge on any atom is -0.507 e. The Morgan fingerprint density at radius 1 is 1.38 bits per heavy atom. The molecular formula is C12H16FN2O+. The lowest BCUT2D eigenvalue weighted by molar-refractivity contribution is -0.858. The number of H-pyrrole nitrogens is 1. The van der Waals surface area contributed by atoms with Gasteiger partial charge in [-0.3, -0.25) is 0 Å². The van der Waals surface area contributed by atoms with E-state index in [1.807, 2.05) is 6.20 Å². The van der Waals surface area contributed by atoms with Gasteiger partial charge in [-0.05, 0) is 11.6 Å². The number of aromatic hydroxyl groups is 1. The number of halogens is 1. The highest BCUT2D eigenvalue weighted by atomic mass is 19.1. The quantitative estimate of drug-likeness (QED) is 0.704. The van der Waals surface area contributed by atoms with E-state index >= 15 is 0 Å². The predicted molar refractivity (Wildman–Crippen MR) is 61.3 cm³/mol. The fraction of sp³-hybridized carbons (Fsp3) is 0.333. The van der Waals surface area contributed by atoms with Gasteiger partial charge in [-0.25, -0.2) is 4.39 Å². The Labute approximate surface area is 93.5 Å². The number of fused-ring (bicyclic) bond motifs is 1. The Kier molecular flexibility index (Phi) is 2.83. The molecule has 2 rings (SSSR count). The Hall–Kier alpha value is -1.55. The second kappa shape index (κ2) is 4.14. The van der Waals surface area contributed by atoms with Gasteiger partial charge in [0.15, 0.2) is 0 Å². The number of hydrogen-bond donors (Lipinski definition) is 3. The van der Waals surface area contributed by atoms with Gasteiger partial charge in [-0.2, -0.15) is 0 Å². The molecule has 0 aliphatic heterocycles. The molecule has 0 radical (unpaired) electrons. The maximum atomic E-state index is 13.0. The summed E-state index contributed by atoms with van der Waals surface area (Å²) in [6.07, 6.45) is 2.70. The van der Waals surface area contributed by atoms with E-state index in [-0.39, 0.29) is 5.75 Å². The number of phenolic OH excluding ortho intramolecular Hbond substituents is 1. The highest BCUT2D eigenvalue weighted by molar-refractivity contribution is 5.89. The molecule has 0 amide bonds. The first kappa shape index (κ1) is 11.0. The van der Waals surface area contributed by atoms with Gasteiger partial charge >= 0.3 is 0 Å². The summed E-state index contributed by atoms with van der Waals surface area (Å²) in [7, 11) is 4.16. The normalized spacial score (nSPS) is 11.5. The van der Waals surface area contributed by atoms with Crippen LogP contribution in [0.25, 0.3) is 10.9 Å². The first-order chi connectivity index (χ1) is 7.58. The smallest absolute Gasteiger partial charge is 0.129 e. The van der Waals surface area contributed by atoms with Crippen LogP contribution in [0.3, 0.4) is 0 Å². The summed E-state index contributed by atoms with van der Waals surface area (Å²) < 4.78 is 13.0. The summed E-state index contributed by atoms with van der Waals surface area (Å²) >= 11 is 0. The van der Waals surface area contributed by atoms with Gasteiger partial charge in [0.05, 0.1) is 26.2 Å². The van der Waals surface area contributed by atoms with E-state index in [2.05, 4.69) is 19.1 Å². The molecule has 0 saturated carbocycles. The van der Waals surface area contributed by atoms with Crippen molar-refractivity contribution in [1.82, 2.24) is 4.98 Å². The average molecular weight is 223 g/mol. The highest BCUT2D eigenvalue weighted by Gasteiger charge is 2.10. The van der Waals surface area contributed by atoms with Crippen LogP contribution < -0.4 is 4.90 Å². The van der Waals surface area contributed by atoms with Gasteiger partial charge in [0, 0.05) is 24.1 Å². The molecule has 2 aromatic rings. The third-order valence-corrected chi connectivity index (χ3v) is 2.70. The van der Waals surface area contributed by atoms with Crippen molar-refractivity contribution in [3.63, 3.8) is 0 Å². The zero-order valence-corrected chi connectivity index (χ0v) is 9.47. The summed E-state index contributed by atoms with van der Waals surface area (Å²) in [4.78, 5) is 4.33. The van der Waals surface area contributed by atoms with E-state index in [0.29, 0.717) is 5.52 Å². The largest absolute Gasteiger partial charge is 0.507 e. The summed E-state index contributed by atoms with van der Waals surface area (Å²) in [5, 5.41) is 10.5. The molecule has 0 saturated heterocycles. The average Bonchev–Trinajstić information content (AvgIpc) is 2.57. The number of aromatic nitrogens is 1. The van der Waals surface area contributed by atoms with Crippen LogP contribution in [0.15, 0.2) is 18.3 Å². The molecule has 1 aromatic carbocycles. The van der Waals surface area contributed by atoms with Crippen LogP contribution >= 0.6 is 0 Å². The molecule has 0 aliphatic carbocycles. The van der Waals surface area contributed by atoms with Crippen LogP contribution in [0.2, 0.25) is 0 Å². The highest BCUT2D eigenvalue weighted by Crippen LogP contribution is 2.28. The van der Waals surface area contributed by atoms with Crippen molar-refractivity contribution in [3.05, 3.63) is 29.7 Å². The molecule has 1 aromatic heterocycles. The van der Waals surface area contributed by atoms with E-state index in [4.69, 9.17) is 0 Å². The van der Waals surface area contributed by atoms with Crippen LogP contribution in [0.5, 0.6) is 5.75 Å². The molecule has 0 unspecified atom stereocenters. The van der Waals surface area contributed by atoms with E-state index in [1.165, 1.54) is 11.0 Å². The number of rotatable bonds is 3. The van der Waals surface area contributed by atoms with E-state index in [0.717, 1.165) is 30.0 Å². The maximum absolute atomic E-state index is 13.0. The van der Waals surface area contributed by atoms with Crippen molar-refractivity contribution < 1.29 is 14.4 Å². The number of nitrogens with one attached hydrogen (secondary N) is 2. The van der Waals surface area contributed by atoms with Gasteiger partial charge in [0.2, 0.25) is 0 Å². The number of phenols is 1. The van der Waals surface area contributed by atoms with E-state index in [9.17, 15) is 9.50 Å². The Morgan fingerprint density at radius 3 is 2.81 bits per heavy atom. The molecule has 0 spiro atoms. The van der Waals surface area contributed by atoms with Gasteiger partial charge < -0.3 is 15.0 Å². The standard InChI is InChI=1S/C12H15FN2O/c1-15(2)4-3-8-7-14-10-5-9(13)6-11(16)12(8)10/h5-7,14,16H,3-4H2,1-2H3/p+1. The van der Waals surface area contributed by atoms with Crippen molar-refractivity contribution in [3.8, 4) is 5.75 Å². The molecule has 0 atom stereocenters. The molecule has 0 fully saturated rings. The molecule has 1 heterocycles. The minimum atomic E-state index is -0.420. The summed E-state index contributed by atoms with van der Waals surface area (Å²) in [5.41, 5.74) is 1.69. The lowest BCUT2D eigenvalue weighted by Gasteiger charge is -2.06. The zero-order chi connectivity index (χ0) is 11.7. The molecule has 3 N–H and O–H groups in total. The molecule has 4 heteroatoms. The number of aromatic amines is 1. The fourth-order valence-electron chi connectivity index (χ4n) is 1.86. The van der Waals surface area contributed by atoms with Crippen LogP contribution in [-0.2, 0) is 6.42 Å². The molecule has 86 valence electrons. The van der Waals surface area contributed by atoms with E-state index in [1.54, 1.807) is 0 Å². The second-order valence-electron chi connectivity index (χ2n) is 4.37. The fourth-order valence-corrected chi connectivity index (χ4v) is 1.86. The Bertz CT molecular complexity index is 505. The first-order valence-electron chi connectivity index (χ1n) is 5.35. The maximum Gasteiger partial charge on any atom is 0.129 e.